The highest BCUT2D eigenvalue weighted by Crippen LogP contribution is 2.41. The highest BCUT2D eigenvalue weighted by Gasteiger charge is 2.30. The molecule has 0 N–H and O–H groups in total. The van der Waals surface area contributed by atoms with Gasteiger partial charge in [0.25, 0.3) is 0 Å². The topological polar surface area (TPSA) is 99.3 Å². The highest BCUT2D eigenvalue weighted by atomic mass is 35.5. The number of hydrogen-bond donors (Lipinski definition) is 0. The normalized spacial score (nSPS) is 16.5. The molecule has 0 aliphatic carbocycles. The Balaban J connectivity index is 1.56. The van der Waals surface area contributed by atoms with E-state index in [-0.39, 0.29) is 36.6 Å². The monoisotopic (exact) mass is 504 g/mol. The van der Waals surface area contributed by atoms with E-state index in [1.54, 1.807) is 20.2 Å². The van der Waals surface area contributed by atoms with Crippen molar-refractivity contribution in [2.45, 2.75) is 65.7 Å². The third-order valence-corrected chi connectivity index (χ3v) is 6.24. The summed E-state index contributed by atoms with van der Waals surface area (Å²) in [4.78, 5) is 22.7. The van der Waals surface area contributed by atoms with Gasteiger partial charge in [0.15, 0.2) is 5.75 Å². The van der Waals surface area contributed by atoms with Gasteiger partial charge in [-0.3, -0.25) is 9.78 Å². The average Bonchev–Trinajstić information content (AvgIpc) is 3.22. The molecule has 1 unspecified atom stereocenters. The number of benzene rings is 1. The van der Waals surface area contributed by atoms with Gasteiger partial charge in [-0.15, -0.1) is 5.01 Å². The van der Waals surface area contributed by atoms with Crippen molar-refractivity contribution >= 4 is 17.6 Å². The van der Waals surface area contributed by atoms with Crippen LogP contribution in [0.3, 0.4) is 0 Å². The molecule has 0 amide bonds. The van der Waals surface area contributed by atoms with Crippen LogP contribution in [-0.2, 0) is 21.0 Å². The van der Waals surface area contributed by atoms with E-state index in [4.69, 9.17) is 25.9 Å². The predicted molar refractivity (Wildman–Crippen MR) is 131 cm³/mol. The van der Waals surface area contributed by atoms with Gasteiger partial charge in [0.1, 0.15) is 12.7 Å². The first-order chi connectivity index (χ1) is 16.5. The average molecular weight is 505 g/mol. The molecule has 0 bridgehead atoms. The van der Waals surface area contributed by atoms with Gasteiger partial charge in [0.05, 0.1) is 29.9 Å². The molecule has 0 saturated heterocycles. The molecule has 3 rings (SSSR count). The SMILES string of the molecule is Cc1ncc2c(c1OC(=O)CC(C)CCO/N=[N+](\[O-])N(C)C(C)(C)C)CO[C@H]2c1ccc(Cl)cc1. The number of carbonyl (C=O) groups excluding carboxylic acids is 1. The molecule has 2 atom stereocenters. The molecule has 9 nitrogen and oxygen atoms in total. The van der Waals surface area contributed by atoms with Crippen LogP contribution in [0.2, 0.25) is 5.02 Å². The smallest absolute Gasteiger partial charge is 0.311 e. The van der Waals surface area contributed by atoms with Crippen LogP contribution in [0.15, 0.2) is 35.7 Å². The van der Waals surface area contributed by atoms with Gasteiger partial charge in [-0.05, 0) is 57.7 Å². The zero-order valence-electron chi connectivity index (χ0n) is 21.1. The van der Waals surface area contributed by atoms with Crippen LogP contribution in [0.4, 0.5) is 0 Å². The summed E-state index contributed by atoms with van der Waals surface area (Å²) in [7, 11) is 1.64. The van der Waals surface area contributed by atoms with Crippen molar-refractivity contribution in [2.24, 2.45) is 11.2 Å². The number of aryl methyl sites for hydroxylation is 1. The minimum Gasteiger partial charge on any atom is -0.569 e. The molecule has 35 heavy (non-hydrogen) atoms. The Labute approximate surface area is 211 Å². The number of fused-ring (bicyclic) bond motifs is 1. The molecular formula is C25H33ClN4O5. The van der Waals surface area contributed by atoms with Gasteiger partial charge >= 0.3 is 5.97 Å². The van der Waals surface area contributed by atoms with Gasteiger partial charge in [-0.1, -0.05) is 30.7 Å². The molecule has 2 heterocycles. The van der Waals surface area contributed by atoms with Gasteiger partial charge in [-0.2, -0.15) is 0 Å². The van der Waals surface area contributed by atoms with E-state index in [1.807, 2.05) is 52.0 Å². The van der Waals surface area contributed by atoms with Gasteiger partial charge in [-0.25, -0.2) is 0 Å². The fraction of sp³-hybridized carbons (Fsp3) is 0.520. The predicted octanol–water partition coefficient (Wildman–Crippen LogP) is 5.52. The minimum absolute atomic E-state index is 0.0266. The number of rotatable bonds is 9. The quantitative estimate of drug-likeness (QED) is 0.146. The van der Waals surface area contributed by atoms with Crippen LogP contribution >= 0.6 is 11.6 Å². The number of nitrogens with zero attached hydrogens (tertiary/aromatic N) is 4. The van der Waals surface area contributed by atoms with Crippen LogP contribution in [0.5, 0.6) is 5.75 Å². The molecule has 1 aromatic heterocycles. The lowest BCUT2D eigenvalue weighted by atomic mass is 10.00. The number of pyridine rings is 1. The van der Waals surface area contributed by atoms with Crippen LogP contribution in [-0.4, -0.2) is 40.1 Å². The molecule has 1 aliphatic rings. The van der Waals surface area contributed by atoms with E-state index in [0.29, 0.717) is 34.5 Å². The zero-order chi connectivity index (χ0) is 25.8. The summed E-state index contributed by atoms with van der Waals surface area (Å²) in [5, 5.41) is 17.6. The number of ether oxygens (including phenoxy) is 2. The second-order valence-electron chi connectivity index (χ2n) is 9.78. The first-order valence-corrected chi connectivity index (χ1v) is 11.9. The first kappa shape index (κ1) is 26.7. The van der Waals surface area contributed by atoms with Crippen molar-refractivity contribution in [2.75, 3.05) is 13.7 Å². The van der Waals surface area contributed by atoms with Gasteiger partial charge < -0.3 is 19.5 Å². The van der Waals surface area contributed by atoms with Gasteiger partial charge in [0, 0.05) is 28.8 Å². The molecule has 0 fully saturated rings. The van der Waals surface area contributed by atoms with Crippen LogP contribution in [0.25, 0.3) is 0 Å². The van der Waals surface area contributed by atoms with E-state index in [9.17, 15) is 10.0 Å². The van der Waals surface area contributed by atoms with Crippen LogP contribution in [0.1, 0.15) is 69.0 Å². The largest absolute Gasteiger partial charge is 0.569 e. The van der Waals surface area contributed by atoms with Crippen molar-refractivity contribution < 1.29 is 24.1 Å². The van der Waals surface area contributed by atoms with E-state index >= 15 is 0 Å². The summed E-state index contributed by atoms with van der Waals surface area (Å²) in [5.74, 6) is 0.0662. The maximum atomic E-state index is 12.7. The van der Waals surface area contributed by atoms with E-state index in [0.717, 1.165) is 16.7 Å². The molecule has 0 spiro atoms. The molecular weight excluding hydrogens is 472 g/mol. The summed E-state index contributed by atoms with van der Waals surface area (Å²) in [6, 6.07) is 7.46. The van der Waals surface area contributed by atoms with Crippen LogP contribution in [0, 0.1) is 18.0 Å². The molecule has 2 aromatic rings. The Kier molecular flexibility index (Phi) is 8.56. The van der Waals surface area contributed by atoms with Crippen molar-refractivity contribution in [3.05, 3.63) is 63.1 Å². The summed E-state index contributed by atoms with van der Waals surface area (Å²) in [5.41, 5.74) is 2.92. The third kappa shape index (κ3) is 6.82. The summed E-state index contributed by atoms with van der Waals surface area (Å²) in [6.45, 7) is 9.94. The molecule has 10 heteroatoms. The minimum atomic E-state index is -0.379. The second-order valence-corrected chi connectivity index (χ2v) is 10.2. The Morgan fingerprint density at radius 1 is 1.37 bits per heavy atom. The molecule has 1 aliphatic heterocycles. The lowest BCUT2D eigenvalue weighted by Gasteiger charge is -2.26. The number of hydrogen-bond acceptors (Lipinski definition) is 7. The molecule has 190 valence electrons. The number of carbonyl (C=O) groups is 1. The van der Waals surface area contributed by atoms with E-state index in [1.165, 1.54) is 5.01 Å². The molecule has 0 saturated carbocycles. The standard InChI is InChI=1S/C25H33ClN4O5/c1-16(11-12-34-28-30(32)29(6)25(3,4)5)13-22(31)35-23-17(2)27-14-20-21(23)15-33-24(20)18-7-9-19(26)10-8-18/h7-10,14,16,24H,11-13,15H2,1-6H3/b30-28-/t16?,24-/m0/s1. The second kappa shape index (κ2) is 11.2. The summed E-state index contributed by atoms with van der Waals surface area (Å²) >= 11 is 6.00. The number of hydrazine groups is 1. The Hall–Kier alpha value is -2.91. The van der Waals surface area contributed by atoms with Crippen molar-refractivity contribution in [3.8, 4) is 5.75 Å². The highest BCUT2D eigenvalue weighted by molar-refractivity contribution is 6.30. The summed E-state index contributed by atoms with van der Waals surface area (Å²) < 4.78 is 11.7. The fourth-order valence-corrected chi connectivity index (χ4v) is 3.66. The Morgan fingerprint density at radius 2 is 2.06 bits per heavy atom. The Bertz CT molecular complexity index is 1070. The number of aromatic nitrogens is 1. The van der Waals surface area contributed by atoms with E-state index < -0.39 is 0 Å². The molecule has 1 aromatic carbocycles. The summed E-state index contributed by atoms with van der Waals surface area (Å²) in [6.07, 6.45) is 2.22. The zero-order valence-corrected chi connectivity index (χ0v) is 21.8. The maximum Gasteiger partial charge on any atom is 0.311 e. The van der Waals surface area contributed by atoms with Crippen molar-refractivity contribution in [3.63, 3.8) is 0 Å². The number of halogens is 1. The molecule has 0 radical (unpaired) electrons. The lowest BCUT2D eigenvalue weighted by molar-refractivity contribution is -0.719. The first-order valence-electron chi connectivity index (χ1n) is 11.6. The lowest BCUT2D eigenvalue weighted by Crippen LogP contribution is -2.42. The third-order valence-electron chi connectivity index (χ3n) is 5.99. The number of esters is 1. The van der Waals surface area contributed by atoms with Crippen molar-refractivity contribution in [1.29, 1.82) is 0 Å². The maximum absolute atomic E-state index is 12.7. The van der Waals surface area contributed by atoms with Crippen LogP contribution < -0.4 is 4.74 Å². The fourth-order valence-electron chi connectivity index (χ4n) is 3.53. The Morgan fingerprint density at radius 3 is 2.71 bits per heavy atom. The van der Waals surface area contributed by atoms with E-state index in [2.05, 4.69) is 10.3 Å². The van der Waals surface area contributed by atoms with Gasteiger partial charge in [0.2, 0.25) is 5.28 Å². The van der Waals surface area contributed by atoms with Crippen molar-refractivity contribution in [1.82, 2.24) is 9.99 Å².